The van der Waals surface area contributed by atoms with Crippen molar-refractivity contribution < 1.29 is 27.2 Å². The Morgan fingerprint density at radius 1 is 1.06 bits per heavy atom. The second-order valence-electron chi connectivity index (χ2n) is 6.86. The fourth-order valence-corrected chi connectivity index (χ4v) is 3.27. The monoisotopic (exact) mass is 486 g/mol. The highest BCUT2D eigenvalue weighted by molar-refractivity contribution is 6.32. The molecular formula is C20H19ClF4N6O2. The van der Waals surface area contributed by atoms with Crippen LogP contribution in [0.15, 0.2) is 36.5 Å². The SMILES string of the molecule is CCn1cc(NC(=O)C(C)n2nc(C(F)F)c(Cl)c2C(F)F)c(C(=O)Nc2ccccc2)n1. The molecule has 176 valence electrons. The van der Waals surface area contributed by atoms with Crippen LogP contribution in [0.5, 0.6) is 0 Å². The summed E-state index contributed by atoms with van der Waals surface area (Å²) in [5.41, 5.74) is -1.67. The quantitative estimate of drug-likeness (QED) is 0.434. The van der Waals surface area contributed by atoms with E-state index < -0.39 is 47.1 Å². The molecule has 0 aliphatic heterocycles. The fourth-order valence-electron chi connectivity index (χ4n) is 2.98. The molecule has 0 aliphatic carbocycles. The van der Waals surface area contributed by atoms with Crippen molar-refractivity contribution >= 4 is 34.8 Å². The molecule has 8 nitrogen and oxygen atoms in total. The number of aromatic nitrogens is 4. The minimum Gasteiger partial charge on any atom is -0.321 e. The van der Waals surface area contributed by atoms with Crippen LogP contribution in [0.3, 0.4) is 0 Å². The number of nitrogens with zero attached hydrogens (tertiary/aromatic N) is 4. The topological polar surface area (TPSA) is 93.8 Å². The number of nitrogens with one attached hydrogen (secondary N) is 2. The Labute approximate surface area is 190 Å². The van der Waals surface area contributed by atoms with Crippen molar-refractivity contribution in [1.82, 2.24) is 19.6 Å². The van der Waals surface area contributed by atoms with Crippen molar-refractivity contribution in [1.29, 1.82) is 0 Å². The summed E-state index contributed by atoms with van der Waals surface area (Å²) in [6.45, 7) is 3.32. The number of benzene rings is 1. The number of anilines is 2. The van der Waals surface area contributed by atoms with Gasteiger partial charge in [0.25, 0.3) is 18.8 Å². The minimum absolute atomic E-state index is 0.00747. The molecule has 3 rings (SSSR count). The highest BCUT2D eigenvalue weighted by Gasteiger charge is 2.32. The summed E-state index contributed by atoms with van der Waals surface area (Å²) in [6, 6.07) is 7.06. The van der Waals surface area contributed by atoms with E-state index >= 15 is 0 Å². The van der Waals surface area contributed by atoms with E-state index in [4.69, 9.17) is 11.6 Å². The largest absolute Gasteiger partial charge is 0.321 e. The first-order valence-electron chi connectivity index (χ1n) is 9.72. The summed E-state index contributed by atoms with van der Waals surface area (Å²) >= 11 is 5.65. The number of carbonyl (C=O) groups is 2. The molecule has 13 heteroatoms. The first-order chi connectivity index (χ1) is 15.6. The van der Waals surface area contributed by atoms with Gasteiger partial charge in [-0.25, -0.2) is 22.2 Å². The van der Waals surface area contributed by atoms with Crippen LogP contribution >= 0.6 is 11.6 Å². The molecule has 2 aromatic heterocycles. The Morgan fingerprint density at radius 3 is 2.30 bits per heavy atom. The highest BCUT2D eigenvalue weighted by Crippen LogP contribution is 2.36. The molecule has 3 aromatic rings. The predicted molar refractivity (Wildman–Crippen MR) is 113 cm³/mol. The molecule has 1 unspecified atom stereocenters. The number of aryl methyl sites for hydroxylation is 1. The smallest absolute Gasteiger partial charge is 0.283 e. The normalized spacial score (nSPS) is 12.3. The van der Waals surface area contributed by atoms with Crippen molar-refractivity contribution in [2.45, 2.75) is 39.3 Å². The van der Waals surface area contributed by atoms with Crippen LogP contribution in [-0.2, 0) is 11.3 Å². The first kappa shape index (κ1) is 24.2. The molecule has 1 aromatic carbocycles. The summed E-state index contributed by atoms with van der Waals surface area (Å²) in [5, 5.41) is 11.7. The number of hydrogen-bond acceptors (Lipinski definition) is 4. The highest BCUT2D eigenvalue weighted by atomic mass is 35.5. The third-order valence-corrected chi connectivity index (χ3v) is 5.05. The molecular weight excluding hydrogens is 468 g/mol. The average Bonchev–Trinajstić information content (AvgIpc) is 3.34. The molecule has 0 spiro atoms. The van der Waals surface area contributed by atoms with Gasteiger partial charge >= 0.3 is 0 Å². The van der Waals surface area contributed by atoms with Crippen LogP contribution in [-0.4, -0.2) is 31.4 Å². The maximum atomic E-state index is 13.5. The molecule has 0 radical (unpaired) electrons. The molecule has 2 heterocycles. The number of hydrogen-bond donors (Lipinski definition) is 2. The molecule has 0 fully saturated rings. The Kier molecular flexibility index (Phi) is 7.36. The van der Waals surface area contributed by atoms with Gasteiger partial charge in [0.2, 0.25) is 5.91 Å². The van der Waals surface area contributed by atoms with Crippen LogP contribution in [0, 0.1) is 0 Å². The van der Waals surface area contributed by atoms with Crippen LogP contribution in [0.25, 0.3) is 0 Å². The van der Waals surface area contributed by atoms with Crippen molar-refractivity contribution in [2.24, 2.45) is 0 Å². The number of halogens is 5. The van der Waals surface area contributed by atoms with Gasteiger partial charge in [0.05, 0.1) is 10.7 Å². The number of amides is 2. The number of para-hydroxylation sites is 1. The summed E-state index contributed by atoms with van der Waals surface area (Å²) in [5.74, 6) is -1.51. The summed E-state index contributed by atoms with van der Waals surface area (Å²) in [7, 11) is 0. The molecule has 0 aliphatic rings. The summed E-state index contributed by atoms with van der Waals surface area (Å²) in [6.07, 6.45) is -5.07. The lowest BCUT2D eigenvalue weighted by Crippen LogP contribution is -2.27. The number of rotatable bonds is 8. The van der Waals surface area contributed by atoms with Crippen LogP contribution in [0.2, 0.25) is 5.02 Å². The van der Waals surface area contributed by atoms with E-state index in [9.17, 15) is 27.2 Å². The molecule has 2 N–H and O–H groups in total. The predicted octanol–water partition coefficient (Wildman–Crippen LogP) is 5.08. The number of alkyl halides is 4. The fraction of sp³-hybridized carbons (Fsp3) is 0.300. The van der Waals surface area contributed by atoms with Crippen molar-refractivity contribution in [2.75, 3.05) is 10.6 Å². The standard InChI is InChI=1S/C20H19ClF4N6O2/c1-3-30-9-12(14(28-30)20(33)26-11-7-5-4-6-8-11)27-19(32)10(2)31-16(18(24)25)13(21)15(29-31)17(22)23/h4-10,17-18H,3H2,1-2H3,(H,26,33)(H,27,32). The second kappa shape index (κ2) is 10.0. The molecule has 0 saturated carbocycles. The van der Waals surface area contributed by atoms with Gasteiger partial charge < -0.3 is 10.6 Å². The maximum Gasteiger partial charge on any atom is 0.283 e. The molecule has 33 heavy (non-hydrogen) atoms. The van der Waals surface area contributed by atoms with E-state index in [2.05, 4.69) is 20.8 Å². The maximum absolute atomic E-state index is 13.5. The van der Waals surface area contributed by atoms with Crippen molar-refractivity contribution in [3.8, 4) is 0 Å². The Hall–Kier alpha value is -3.41. The van der Waals surface area contributed by atoms with Gasteiger partial charge in [-0.1, -0.05) is 29.8 Å². The molecule has 2 amide bonds. The zero-order valence-corrected chi connectivity index (χ0v) is 18.2. The van der Waals surface area contributed by atoms with Gasteiger partial charge in [0, 0.05) is 18.4 Å². The van der Waals surface area contributed by atoms with Gasteiger partial charge in [-0.2, -0.15) is 10.2 Å². The Morgan fingerprint density at radius 2 is 1.73 bits per heavy atom. The van der Waals surface area contributed by atoms with Crippen molar-refractivity contribution in [3.63, 3.8) is 0 Å². The van der Waals surface area contributed by atoms with Crippen LogP contribution < -0.4 is 10.6 Å². The van der Waals surface area contributed by atoms with Crippen LogP contribution in [0.1, 0.15) is 54.6 Å². The van der Waals surface area contributed by atoms with Gasteiger partial charge in [-0.15, -0.1) is 0 Å². The third kappa shape index (κ3) is 5.16. The summed E-state index contributed by atoms with van der Waals surface area (Å²) in [4.78, 5) is 25.5. The van der Waals surface area contributed by atoms with Gasteiger partial charge in [-0.3, -0.25) is 14.3 Å². The first-order valence-corrected chi connectivity index (χ1v) is 10.1. The molecule has 0 saturated heterocycles. The van der Waals surface area contributed by atoms with E-state index in [0.29, 0.717) is 16.9 Å². The van der Waals surface area contributed by atoms with Gasteiger partial charge in [0.15, 0.2) is 5.69 Å². The van der Waals surface area contributed by atoms with E-state index in [1.165, 1.54) is 17.8 Å². The molecule has 0 bridgehead atoms. The lowest BCUT2D eigenvalue weighted by molar-refractivity contribution is -0.119. The van der Waals surface area contributed by atoms with E-state index in [1.54, 1.807) is 37.3 Å². The number of carbonyl (C=O) groups excluding carboxylic acids is 2. The van der Waals surface area contributed by atoms with Gasteiger partial charge in [0.1, 0.15) is 17.4 Å². The Balaban J connectivity index is 1.88. The van der Waals surface area contributed by atoms with E-state index in [1.807, 2.05) is 0 Å². The third-order valence-electron chi connectivity index (χ3n) is 4.66. The summed E-state index contributed by atoms with van der Waals surface area (Å²) < 4.78 is 55.0. The van der Waals surface area contributed by atoms with E-state index in [-0.39, 0.29) is 11.4 Å². The second-order valence-corrected chi connectivity index (χ2v) is 7.24. The average molecular weight is 487 g/mol. The van der Waals surface area contributed by atoms with Crippen molar-refractivity contribution in [3.05, 3.63) is 58.6 Å². The lowest BCUT2D eigenvalue weighted by Gasteiger charge is -2.15. The minimum atomic E-state index is -3.25. The zero-order chi connectivity index (χ0) is 24.3. The van der Waals surface area contributed by atoms with E-state index in [0.717, 1.165) is 0 Å². The zero-order valence-electron chi connectivity index (χ0n) is 17.4. The molecule has 1 atom stereocenters. The van der Waals surface area contributed by atoms with Crippen LogP contribution in [0.4, 0.5) is 28.9 Å². The lowest BCUT2D eigenvalue weighted by atomic mass is 10.2. The Bertz CT molecular complexity index is 1150. The van der Waals surface area contributed by atoms with Gasteiger partial charge in [-0.05, 0) is 26.0 Å².